The molecular formula is C60H41N. The van der Waals surface area contributed by atoms with Crippen molar-refractivity contribution in [1.82, 2.24) is 0 Å². The minimum absolute atomic E-state index is 0.195. The number of hydrogen-bond acceptors (Lipinski definition) is 1. The Morgan fingerprint density at radius 2 is 0.869 bits per heavy atom. The molecule has 1 nitrogen and oxygen atoms in total. The first-order chi connectivity index (χ1) is 30.0. The Labute approximate surface area is 356 Å². The molecular weight excluding hydrogens is 735 g/mol. The summed E-state index contributed by atoms with van der Waals surface area (Å²) < 4.78 is 0. The van der Waals surface area contributed by atoms with E-state index in [0.717, 1.165) is 5.69 Å². The molecule has 0 radical (unpaired) electrons. The second kappa shape index (κ2) is 12.5. The lowest BCUT2D eigenvalue weighted by atomic mass is 9.70. The summed E-state index contributed by atoms with van der Waals surface area (Å²) in [6, 6.07) is 79.8. The molecule has 0 atom stereocenters. The summed E-state index contributed by atoms with van der Waals surface area (Å²) >= 11 is 0. The highest BCUT2D eigenvalue weighted by molar-refractivity contribution is 6.08. The van der Waals surface area contributed by atoms with E-state index in [1.165, 1.54) is 111 Å². The molecule has 13 rings (SSSR count). The monoisotopic (exact) mass is 775 g/mol. The molecule has 0 N–H and O–H groups in total. The molecule has 0 fully saturated rings. The van der Waals surface area contributed by atoms with E-state index in [1.54, 1.807) is 0 Å². The van der Waals surface area contributed by atoms with Crippen LogP contribution in [0.4, 0.5) is 17.1 Å². The van der Waals surface area contributed by atoms with Crippen LogP contribution in [0.15, 0.2) is 212 Å². The smallest absolute Gasteiger partial charge is 0.0726 e. The molecule has 3 aliphatic carbocycles. The summed E-state index contributed by atoms with van der Waals surface area (Å²) in [6.07, 6.45) is 0. The molecule has 0 saturated carbocycles. The second-order valence-corrected chi connectivity index (χ2v) is 17.6. The van der Waals surface area contributed by atoms with Crippen LogP contribution < -0.4 is 4.90 Å². The molecule has 10 aromatic rings. The number of benzene rings is 10. The fourth-order valence-corrected chi connectivity index (χ4v) is 11.7. The number of nitrogens with zero attached hydrogens (tertiary/aromatic N) is 1. The third-order valence-electron chi connectivity index (χ3n) is 14.2. The fourth-order valence-electron chi connectivity index (χ4n) is 11.7. The first-order valence-electron chi connectivity index (χ1n) is 21.5. The normalized spacial score (nSPS) is 14.3. The Kier molecular flexibility index (Phi) is 7.06. The molecule has 0 aliphatic heterocycles. The summed E-state index contributed by atoms with van der Waals surface area (Å²) in [7, 11) is 0. The standard InChI is InChI=1S/C60H41N/c1-59(2)49-24-11-9-22-47(49)57-55(37-42-18-5-6-19-44(42)58(57)59)61(43-34-32-39(33-35-43)41-31-30-38-16-3-4-17-40(38)36-41)54-29-15-28-53-56(54)48-23-10-14-27-52(48)60(53)50-25-12-7-20-45(50)46-21-8-13-26-51(46)60/h3-37H,1-2H3. The van der Waals surface area contributed by atoms with Gasteiger partial charge < -0.3 is 4.90 Å². The third kappa shape index (κ3) is 4.56. The van der Waals surface area contributed by atoms with E-state index < -0.39 is 5.41 Å². The van der Waals surface area contributed by atoms with Gasteiger partial charge in [-0.05, 0) is 119 Å². The van der Waals surface area contributed by atoms with Crippen molar-refractivity contribution < 1.29 is 0 Å². The number of anilines is 3. The molecule has 0 bridgehead atoms. The predicted octanol–water partition coefficient (Wildman–Crippen LogP) is 15.8. The third-order valence-corrected chi connectivity index (χ3v) is 14.2. The van der Waals surface area contributed by atoms with Crippen LogP contribution in [0.2, 0.25) is 0 Å². The van der Waals surface area contributed by atoms with Gasteiger partial charge in [-0.15, -0.1) is 0 Å². The van der Waals surface area contributed by atoms with Gasteiger partial charge in [0, 0.05) is 22.2 Å². The van der Waals surface area contributed by atoms with Crippen molar-refractivity contribution in [3.05, 3.63) is 246 Å². The number of fused-ring (bicyclic) bond motifs is 16. The first-order valence-corrected chi connectivity index (χ1v) is 21.5. The van der Waals surface area contributed by atoms with Gasteiger partial charge in [0.1, 0.15) is 0 Å². The minimum Gasteiger partial charge on any atom is -0.309 e. The number of hydrogen-bond donors (Lipinski definition) is 0. The molecule has 61 heavy (non-hydrogen) atoms. The van der Waals surface area contributed by atoms with E-state index in [2.05, 4.69) is 231 Å². The average molecular weight is 776 g/mol. The summed E-state index contributed by atoms with van der Waals surface area (Å²) in [4.78, 5) is 2.59. The molecule has 3 aliphatic rings. The van der Waals surface area contributed by atoms with Gasteiger partial charge in [-0.1, -0.05) is 196 Å². The van der Waals surface area contributed by atoms with E-state index in [9.17, 15) is 0 Å². The van der Waals surface area contributed by atoms with Crippen LogP contribution >= 0.6 is 0 Å². The van der Waals surface area contributed by atoms with Crippen molar-refractivity contribution in [2.45, 2.75) is 24.7 Å². The summed E-state index contributed by atoms with van der Waals surface area (Å²) in [6.45, 7) is 4.82. The summed E-state index contributed by atoms with van der Waals surface area (Å²) in [5.41, 5.74) is 21.3. The van der Waals surface area contributed by atoms with Crippen molar-refractivity contribution in [3.63, 3.8) is 0 Å². The van der Waals surface area contributed by atoms with E-state index in [-0.39, 0.29) is 5.41 Å². The highest BCUT2D eigenvalue weighted by atomic mass is 15.1. The van der Waals surface area contributed by atoms with Crippen molar-refractivity contribution in [2.75, 3.05) is 4.90 Å². The van der Waals surface area contributed by atoms with Gasteiger partial charge in [0.25, 0.3) is 0 Å². The zero-order valence-electron chi connectivity index (χ0n) is 34.2. The lowest BCUT2D eigenvalue weighted by molar-refractivity contribution is 0.666. The van der Waals surface area contributed by atoms with Crippen LogP contribution in [0.1, 0.15) is 47.2 Å². The Balaban J connectivity index is 1.12. The molecule has 0 aromatic heterocycles. The highest BCUT2D eigenvalue weighted by Crippen LogP contribution is 2.65. The maximum Gasteiger partial charge on any atom is 0.0726 e. The largest absolute Gasteiger partial charge is 0.309 e. The Morgan fingerprint density at radius 3 is 1.57 bits per heavy atom. The van der Waals surface area contributed by atoms with Crippen LogP contribution in [-0.2, 0) is 10.8 Å². The van der Waals surface area contributed by atoms with Gasteiger partial charge >= 0.3 is 0 Å². The molecule has 0 saturated heterocycles. The average Bonchev–Trinajstić information content (AvgIpc) is 3.88. The van der Waals surface area contributed by atoms with Crippen LogP contribution in [0.3, 0.4) is 0 Å². The quantitative estimate of drug-likeness (QED) is 0.172. The highest BCUT2D eigenvalue weighted by Gasteiger charge is 2.52. The fraction of sp³-hybridized carbons (Fsp3) is 0.0667. The van der Waals surface area contributed by atoms with Gasteiger partial charge in [0.15, 0.2) is 0 Å². The lowest BCUT2D eigenvalue weighted by Crippen LogP contribution is -2.26. The Bertz CT molecular complexity index is 3410. The van der Waals surface area contributed by atoms with Crippen LogP contribution in [0.5, 0.6) is 0 Å². The summed E-state index contributed by atoms with van der Waals surface area (Å²) in [5, 5.41) is 5.07. The van der Waals surface area contributed by atoms with Crippen molar-refractivity contribution >= 4 is 38.6 Å². The van der Waals surface area contributed by atoms with Crippen LogP contribution in [-0.4, -0.2) is 0 Å². The molecule has 1 heteroatoms. The second-order valence-electron chi connectivity index (χ2n) is 17.6. The minimum atomic E-state index is -0.444. The van der Waals surface area contributed by atoms with Gasteiger partial charge in [-0.3, -0.25) is 0 Å². The molecule has 0 amide bonds. The van der Waals surface area contributed by atoms with E-state index >= 15 is 0 Å². The topological polar surface area (TPSA) is 3.24 Å². The Hall–Kier alpha value is -7.48. The van der Waals surface area contributed by atoms with E-state index in [0.29, 0.717) is 0 Å². The van der Waals surface area contributed by atoms with E-state index in [1.807, 2.05) is 0 Å². The first kappa shape index (κ1) is 34.4. The van der Waals surface area contributed by atoms with Crippen molar-refractivity contribution in [1.29, 1.82) is 0 Å². The van der Waals surface area contributed by atoms with Gasteiger partial charge in [0.2, 0.25) is 0 Å². The van der Waals surface area contributed by atoms with Crippen molar-refractivity contribution in [2.24, 2.45) is 0 Å². The molecule has 286 valence electrons. The summed E-state index contributed by atoms with van der Waals surface area (Å²) in [5.74, 6) is 0. The van der Waals surface area contributed by atoms with Gasteiger partial charge in [0.05, 0.1) is 16.8 Å². The number of rotatable bonds is 4. The van der Waals surface area contributed by atoms with E-state index in [4.69, 9.17) is 0 Å². The van der Waals surface area contributed by atoms with Gasteiger partial charge in [-0.2, -0.15) is 0 Å². The van der Waals surface area contributed by atoms with Gasteiger partial charge in [-0.25, -0.2) is 0 Å². The molecule has 1 spiro atoms. The predicted molar refractivity (Wildman–Crippen MR) is 255 cm³/mol. The van der Waals surface area contributed by atoms with Crippen molar-refractivity contribution in [3.8, 4) is 44.5 Å². The Morgan fingerprint density at radius 1 is 0.344 bits per heavy atom. The maximum absolute atomic E-state index is 2.59. The molecule has 0 unspecified atom stereocenters. The SMILES string of the molecule is CC1(C)c2ccccc2-c2c(N(c3ccc(-c4ccc5ccccc5c4)cc3)c3cccc4c3-c3ccccc3C43c4ccccc4-c4ccccc43)cc3ccccc3c21. The zero-order chi connectivity index (χ0) is 40.5. The lowest BCUT2D eigenvalue weighted by Gasteiger charge is -2.33. The maximum atomic E-state index is 2.59. The zero-order valence-corrected chi connectivity index (χ0v) is 34.2. The van der Waals surface area contributed by atoms with Crippen LogP contribution in [0.25, 0.3) is 66.1 Å². The molecule has 0 heterocycles. The van der Waals surface area contributed by atoms with Crippen LogP contribution in [0, 0.1) is 0 Å². The molecule has 10 aromatic carbocycles.